The molecule has 0 radical (unpaired) electrons. The third-order valence-electron chi connectivity index (χ3n) is 2.99. The molecule has 17 heavy (non-hydrogen) atoms. The van der Waals surface area contributed by atoms with E-state index in [9.17, 15) is 0 Å². The van der Waals surface area contributed by atoms with Gasteiger partial charge in [0, 0.05) is 6.04 Å². The normalized spacial score (nSPS) is 12.4. The number of hydrogen-bond acceptors (Lipinski definition) is 1. The molecule has 94 valence electrons. The number of allylic oxidation sites excluding steroid dienone is 1. The average molecular weight is 231 g/mol. The zero-order valence-corrected chi connectivity index (χ0v) is 11.2. The molecule has 0 amide bonds. The molecule has 0 aromatic heterocycles. The van der Waals surface area contributed by atoms with Gasteiger partial charge in [-0.05, 0) is 44.7 Å². The number of nitrogens with one attached hydrogen (secondary N) is 1. The van der Waals surface area contributed by atoms with Gasteiger partial charge in [-0.2, -0.15) is 0 Å². The lowest BCUT2D eigenvalue weighted by molar-refractivity contribution is 0.486. The van der Waals surface area contributed by atoms with E-state index in [4.69, 9.17) is 0 Å². The van der Waals surface area contributed by atoms with Crippen molar-refractivity contribution in [2.24, 2.45) is 0 Å². The molecule has 1 heteroatoms. The van der Waals surface area contributed by atoms with Gasteiger partial charge in [0.1, 0.15) is 0 Å². The van der Waals surface area contributed by atoms with Crippen molar-refractivity contribution in [1.29, 1.82) is 0 Å². The van der Waals surface area contributed by atoms with Gasteiger partial charge in [0.25, 0.3) is 0 Å². The van der Waals surface area contributed by atoms with Gasteiger partial charge in [-0.3, -0.25) is 0 Å². The summed E-state index contributed by atoms with van der Waals surface area (Å²) in [5.41, 5.74) is 2.76. The molecule has 1 aromatic rings. The molecular weight excluding hydrogens is 206 g/mol. The van der Waals surface area contributed by atoms with Gasteiger partial charge < -0.3 is 5.32 Å². The van der Waals surface area contributed by atoms with Crippen LogP contribution in [0.5, 0.6) is 0 Å². The van der Waals surface area contributed by atoms with Crippen LogP contribution in [0.4, 0.5) is 0 Å². The molecule has 1 nitrogen and oxygen atoms in total. The van der Waals surface area contributed by atoms with Crippen molar-refractivity contribution < 1.29 is 0 Å². The number of unbranched alkanes of at least 4 members (excludes halogenated alkanes) is 1. The van der Waals surface area contributed by atoms with Crippen LogP contribution >= 0.6 is 0 Å². The first kappa shape index (κ1) is 14.0. The summed E-state index contributed by atoms with van der Waals surface area (Å²) < 4.78 is 0. The summed E-state index contributed by atoms with van der Waals surface area (Å²) in [6, 6.07) is 9.33. The minimum atomic E-state index is 0.495. The van der Waals surface area contributed by atoms with Gasteiger partial charge in [0.15, 0.2) is 0 Å². The van der Waals surface area contributed by atoms with E-state index in [-0.39, 0.29) is 0 Å². The first-order valence-corrected chi connectivity index (χ1v) is 6.68. The van der Waals surface area contributed by atoms with Crippen LogP contribution in [0.1, 0.15) is 49.8 Å². The molecule has 0 aliphatic rings. The molecule has 1 atom stereocenters. The van der Waals surface area contributed by atoms with Crippen LogP contribution in [0, 0.1) is 6.92 Å². The molecule has 1 rings (SSSR count). The van der Waals surface area contributed by atoms with E-state index >= 15 is 0 Å². The Bertz CT molecular complexity index is 330. The van der Waals surface area contributed by atoms with Crippen LogP contribution < -0.4 is 5.32 Å². The first-order valence-electron chi connectivity index (χ1n) is 6.68. The van der Waals surface area contributed by atoms with Gasteiger partial charge >= 0.3 is 0 Å². The zero-order chi connectivity index (χ0) is 12.5. The fourth-order valence-electron chi connectivity index (χ4n) is 2.06. The van der Waals surface area contributed by atoms with E-state index in [0.717, 1.165) is 13.0 Å². The van der Waals surface area contributed by atoms with Crippen molar-refractivity contribution in [3.63, 3.8) is 0 Å². The Hall–Kier alpha value is -1.08. The zero-order valence-electron chi connectivity index (χ0n) is 11.2. The average Bonchev–Trinajstić information content (AvgIpc) is 2.33. The van der Waals surface area contributed by atoms with E-state index in [1.165, 1.54) is 30.4 Å². The monoisotopic (exact) mass is 231 g/mol. The summed E-state index contributed by atoms with van der Waals surface area (Å²) in [5, 5.41) is 3.64. The fourth-order valence-corrected chi connectivity index (χ4v) is 2.06. The molecule has 1 unspecified atom stereocenters. The Balaban J connectivity index is 2.63. The largest absolute Gasteiger partial charge is 0.310 e. The van der Waals surface area contributed by atoms with Gasteiger partial charge in [-0.25, -0.2) is 0 Å². The second-order valence-electron chi connectivity index (χ2n) is 4.64. The molecule has 0 fully saturated rings. The van der Waals surface area contributed by atoms with Crippen LogP contribution in [0.25, 0.3) is 0 Å². The maximum atomic E-state index is 3.79. The van der Waals surface area contributed by atoms with Crippen LogP contribution in [0.2, 0.25) is 0 Å². The molecule has 0 saturated carbocycles. The minimum Gasteiger partial charge on any atom is -0.310 e. The quantitative estimate of drug-likeness (QED) is 0.517. The molecule has 0 aliphatic heterocycles. The molecule has 0 aliphatic carbocycles. The third kappa shape index (κ3) is 5.18. The maximum absolute atomic E-state index is 3.79. The summed E-state index contributed by atoms with van der Waals surface area (Å²) in [6.07, 6.45) is 6.70. The molecule has 1 N–H and O–H groups in total. The second-order valence-corrected chi connectivity index (χ2v) is 4.64. The SMILES string of the molecule is C=CCCCC(NCCC)c1cccc(C)c1. The summed E-state index contributed by atoms with van der Waals surface area (Å²) in [7, 11) is 0. The van der Waals surface area contributed by atoms with Crippen molar-refractivity contribution in [3.8, 4) is 0 Å². The Labute approximate surface area is 106 Å². The van der Waals surface area contributed by atoms with Gasteiger partial charge in [0.2, 0.25) is 0 Å². The predicted octanol–water partition coefficient (Wildman–Crippen LogP) is 4.39. The second kappa shape index (κ2) is 8.08. The van der Waals surface area contributed by atoms with Gasteiger partial charge in [-0.15, -0.1) is 6.58 Å². The number of hydrogen-bond donors (Lipinski definition) is 1. The summed E-state index contributed by atoms with van der Waals surface area (Å²) in [5.74, 6) is 0. The summed E-state index contributed by atoms with van der Waals surface area (Å²) in [6.45, 7) is 9.25. The summed E-state index contributed by atoms with van der Waals surface area (Å²) >= 11 is 0. The van der Waals surface area contributed by atoms with Crippen molar-refractivity contribution >= 4 is 0 Å². The number of benzene rings is 1. The summed E-state index contributed by atoms with van der Waals surface area (Å²) in [4.78, 5) is 0. The molecule has 0 spiro atoms. The van der Waals surface area contributed by atoms with Crippen molar-refractivity contribution in [1.82, 2.24) is 5.32 Å². The van der Waals surface area contributed by atoms with E-state index in [1.807, 2.05) is 6.08 Å². The third-order valence-corrected chi connectivity index (χ3v) is 2.99. The Kier molecular flexibility index (Phi) is 6.64. The predicted molar refractivity (Wildman–Crippen MR) is 76.3 cm³/mol. The van der Waals surface area contributed by atoms with Crippen molar-refractivity contribution in [2.45, 2.75) is 45.6 Å². The molecule has 0 heterocycles. The van der Waals surface area contributed by atoms with E-state index in [1.54, 1.807) is 0 Å². The lowest BCUT2D eigenvalue weighted by Crippen LogP contribution is -2.22. The fraction of sp³-hybridized carbons (Fsp3) is 0.500. The van der Waals surface area contributed by atoms with Crippen LogP contribution in [-0.4, -0.2) is 6.54 Å². The van der Waals surface area contributed by atoms with E-state index < -0.39 is 0 Å². The van der Waals surface area contributed by atoms with Crippen LogP contribution in [-0.2, 0) is 0 Å². The highest BCUT2D eigenvalue weighted by atomic mass is 14.9. The standard InChI is InChI=1S/C16H25N/c1-4-6-7-11-16(17-12-5-2)15-10-8-9-14(3)13-15/h4,8-10,13,16-17H,1,5-7,11-12H2,2-3H3. The molecule has 0 bridgehead atoms. The minimum absolute atomic E-state index is 0.495. The molecular formula is C16H25N. The van der Waals surface area contributed by atoms with Gasteiger partial charge in [-0.1, -0.05) is 42.8 Å². The van der Waals surface area contributed by atoms with E-state index in [2.05, 4.69) is 50.0 Å². The lowest BCUT2D eigenvalue weighted by Gasteiger charge is -2.19. The van der Waals surface area contributed by atoms with E-state index in [0.29, 0.717) is 6.04 Å². The van der Waals surface area contributed by atoms with Gasteiger partial charge in [0.05, 0.1) is 0 Å². The Morgan fingerprint density at radius 3 is 2.88 bits per heavy atom. The smallest absolute Gasteiger partial charge is 0.0320 e. The highest BCUT2D eigenvalue weighted by Crippen LogP contribution is 2.20. The molecule has 1 aromatic carbocycles. The van der Waals surface area contributed by atoms with Crippen molar-refractivity contribution in [3.05, 3.63) is 48.0 Å². The lowest BCUT2D eigenvalue weighted by atomic mass is 9.99. The highest BCUT2D eigenvalue weighted by molar-refractivity contribution is 5.25. The van der Waals surface area contributed by atoms with Crippen molar-refractivity contribution in [2.75, 3.05) is 6.54 Å². The number of rotatable bonds is 8. The highest BCUT2D eigenvalue weighted by Gasteiger charge is 2.09. The maximum Gasteiger partial charge on any atom is 0.0320 e. The van der Waals surface area contributed by atoms with Crippen LogP contribution in [0.3, 0.4) is 0 Å². The Morgan fingerprint density at radius 2 is 2.24 bits per heavy atom. The van der Waals surface area contributed by atoms with Crippen LogP contribution in [0.15, 0.2) is 36.9 Å². The number of aryl methyl sites for hydroxylation is 1. The topological polar surface area (TPSA) is 12.0 Å². The molecule has 0 saturated heterocycles. The Morgan fingerprint density at radius 1 is 1.41 bits per heavy atom. The first-order chi connectivity index (χ1) is 8.27.